The highest BCUT2D eigenvalue weighted by molar-refractivity contribution is 5.93. The van der Waals surface area contributed by atoms with Gasteiger partial charge in [0.1, 0.15) is 0 Å². The predicted octanol–water partition coefficient (Wildman–Crippen LogP) is 3.09. The molecule has 0 radical (unpaired) electrons. The van der Waals surface area contributed by atoms with Crippen molar-refractivity contribution in [3.63, 3.8) is 0 Å². The van der Waals surface area contributed by atoms with Gasteiger partial charge in [0.2, 0.25) is 5.76 Å². The smallest absolute Gasteiger partial charge is 0.371 e. The third-order valence-electron chi connectivity index (χ3n) is 4.51. The molecule has 1 aliphatic carbocycles. The number of aromatic carboxylic acids is 1. The SMILES string of the molecule is CC1(C)C[C@@H](NC(=O)c2ccc(C(=O)O)o2)[C@H]1OCc1ccccc1. The second-order valence-corrected chi connectivity index (χ2v) is 6.96. The molecule has 2 N–H and O–H groups in total. The van der Waals surface area contributed by atoms with Crippen molar-refractivity contribution >= 4 is 11.9 Å². The second kappa shape index (κ2) is 6.72. The Hall–Kier alpha value is -2.60. The molecule has 3 rings (SSSR count). The largest absolute Gasteiger partial charge is 0.475 e. The number of rotatable bonds is 6. The van der Waals surface area contributed by atoms with E-state index < -0.39 is 11.9 Å². The number of furan rings is 1. The van der Waals surface area contributed by atoms with Crippen LogP contribution >= 0.6 is 0 Å². The third-order valence-corrected chi connectivity index (χ3v) is 4.51. The van der Waals surface area contributed by atoms with Crippen LogP contribution in [0.3, 0.4) is 0 Å². The highest BCUT2D eigenvalue weighted by Gasteiger charge is 2.49. The summed E-state index contributed by atoms with van der Waals surface area (Å²) in [7, 11) is 0. The molecule has 1 aromatic heterocycles. The monoisotopic (exact) mass is 343 g/mol. The Morgan fingerprint density at radius 2 is 1.88 bits per heavy atom. The fraction of sp³-hybridized carbons (Fsp3) is 0.368. The van der Waals surface area contributed by atoms with Crippen LogP contribution in [0.2, 0.25) is 0 Å². The summed E-state index contributed by atoms with van der Waals surface area (Å²) in [5, 5.41) is 11.7. The first-order chi connectivity index (χ1) is 11.9. The second-order valence-electron chi connectivity index (χ2n) is 6.96. The number of ether oxygens (including phenoxy) is 1. The zero-order valence-corrected chi connectivity index (χ0v) is 14.2. The van der Waals surface area contributed by atoms with Crippen LogP contribution in [0, 0.1) is 5.41 Å². The maximum absolute atomic E-state index is 12.3. The van der Waals surface area contributed by atoms with Crippen LogP contribution < -0.4 is 5.32 Å². The van der Waals surface area contributed by atoms with Crippen molar-refractivity contribution in [3.8, 4) is 0 Å². The Morgan fingerprint density at radius 1 is 1.20 bits per heavy atom. The van der Waals surface area contributed by atoms with Crippen LogP contribution in [-0.4, -0.2) is 29.1 Å². The average Bonchev–Trinajstić information content (AvgIpc) is 3.05. The molecule has 1 aliphatic rings. The van der Waals surface area contributed by atoms with Crippen LogP contribution in [0.25, 0.3) is 0 Å². The zero-order chi connectivity index (χ0) is 18.0. The molecule has 6 heteroatoms. The first kappa shape index (κ1) is 17.2. The van der Waals surface area contributed by atoms with Gasteiger partial charge in [0.15, 0.2) is 5.76 Å². The van der Waals surface area contributed by atoms with Gasteiger partial charge in [0, 0.05) is 0 Å². The Labute approximate surface area is 145 Å². The van der Waals surface area contributed by atoms with Crippen LogP contribution in [0.1, 0.15) is 46.9 Å². The number of amides is 1. The van der Waals surface area contributed by atoms with Gasteiger partial charge in [-0.2, -0.15) is 0 Å². The molecule has 2 atom stereocenters. The summed E-state index contributed by atoms with van der Waals surface area (Å²) in [6.45, 7) is 4.67. The normalized spacial score (nSPS) is 21.4. The van der Waals surface area contributed by atoms with E-state index in [2.05, 4.69) is 19.2 Å². The fourth-order valence-electron chi connectivity index (χ4n) is 3.22. The number of carbonyl (C=O) groups excluding carboxylic acids is 1. The summed E-state index contributed by atoms with van der Waals surface area (Å²) in [5.41, 5.74) is 1.04. The Morgan fingerprint density at radius 3 is 2.48 bits per heavy atom. The molecule has 0 saturated heterocycles. The molecule has 0 spiro atoms. The molecule has 1 saturated carbocycles. The summed E-state index contributed by atoms with van der Waals surface area (Å²) >= 11 is 0. The molecule has 1 fully saturated rings. The van der Waals surface area contributed by atoms with E-state index in [1.807, 2.05) is 30.3 Å². The minimum Gasteiger partial charge on any atom is -0.475 e. The summed E-state index contributed by atoms with van der Waals surface area (Å²) in [6.07, 6.45) is 0.663. The van der Waals surface area contributed by atoms with E-state index in [-0.39, 0.29) is 29.1 Å². The van der Waals surface area contributed by atoms with E-state index >= 15 is 0 Å². The van der Waals surface area contributed by atoms with Crippen LogP contribution in [0.15, 0.2) is 46.9 Å². The molecule has 0 bridgehead atoms. The van der Waals surface area contributed by atoms with Gasteiger partial charge in [0.25, 0.3) is 5.91 Å². The van der Waals surface area contributed by atoms with Gasteiger partial charge >= 0.3 is 5.97 Å². The Balaban J connectivity index is 1.61. The highest BCUT2D eigenvalue weighted by Crippen LogP contribution is 2.43. The van der Waals surface area contributed by atoms with E-state index in [1.54, 1.807) is 0 Å². The van der Waals surface area contributed by atoms with Gasteiger partial charge in [-0.3, -0.25) is 4.79 Å². The van der Waals surface area contributed by atoms with Gasteiger partial charge in [-0.05, 0) is 29.5 Å². The van der Waals surface area contributed by atoms with Crippen LogP contribution in [0.4, 0.5) is 0 Å². The lowest BCUT2D eigenvalue weighted by Gasteiger charge is -2.50. The number of carbonyl (C=O) groups is 2. The van der Waals surface area contributed by atoms with Gasteiger partial charge in [0.05, 0.1) is 18.8 Å². The lowest BCUT2D eigenvalue weighted by atomic mass is 9.65. The van der Waals surface area contributed by atoms with Crippen LogP contribution in [0.5, 0.6) is 0 Å². The first-order valence-electron chi connectivity index (χ1n) is 8.16. The van der Waals surface area contributed by atoms with Gasteiger partial charge < -0.3 is 19.6 Å². The minimum atomic E-state index is -1.20. The van der Waals surface area contributed by atoms with Crippen molar-refractivity contribution in [1.29, 1.82) is 0 Å². The van der Waals surface area contributed by atoms with Crippen molar-refractivity contribution in [1.82, 2.24) is 5.32 Å². The van der Waals surface area contributed by atoms with E-state index in [0.717, 1.165) is 12.0 Å². The molecule has 1 aromatic carbocycles. The highest BCUT2D eigenvalue weighted by atomic mass is 16.5. The number of hydrogen-bond donors (Lipinski definition) is 2. The maximum atomic E-state index is 12.3. The van der Waals surface area contributed by atoms with E-state index in [9.17, 15) is 9.59 Å². The standard InChI is InChI=1S/C19H21NO5/c1-19(2)10-13(16(19)24-11-12-6-4-3-5-7-12)20-17(21)14-8-9-15(25-14)18(22)23/h3-9,13,16H,10-11H2,1-2H3,(H,20,21)(H,22,23)/t13-,16-/m1/s1. The first-order valence-corrected chi connectivity index (χ1v) is 8.16. The number of hydrogen-bond acceptors (Lipinski definition) is 4. The van der Waals surface area contributed by atoms with E-state index in [4.69, 9.17) is 14.3 Å². The summed E-state index contributed by atoms with van der Waals surface area (Å²) in [6, 6.07) is 12.4. The van der Waals surface area contributed by atoms with Crippen LogP contribution in [-0.2, 0) is 11.3 Å². The minimum absolute atomic E-state index is 0.0103. The summed E-state index contributed by atoms with van der Waals surface area (Å²) < 4.78 is 11.1. The number of nitrogens with one attached hydrogen (secondary N) is 1. The lowest BCUT2D eigenvalue weighted by molar-refractivity contribution is -0.123. The van der Waals surface area contributed by atoms with Crippen molar-refractivity contribution in [2.75, 3.05) is 0 Å². The lowest BCUT2D eigenvalue weighted by Crippen LogP contribution is -2.61. The fourth-order valence-corrected chi connectivity index (χ4v) is 3.22. The number of benzene rings is 1. The molecule has 1 heterocycles. The predicted molar refractivity (Wildman–Crippen MR) is 90.3 cm³/mol. The van der Waals surface area contributed by atoms with Crippen molar-refractivity contribution in [3.05, 3.63) is 59.5 Å². The van der Waals surface area contributed by atoms with E-state index in [0.29, 0.717) is 6.61 Å². The molecular weight excluding hydrogens is 322 g/mol. The summed E-state index contributed by atoms with van der Waals surface area (Å²) in [4.78, 5) is 23.1. The Bertz CT molecular complexity index is 765. The molecule has 132 valence electrons. The Kier molecular flexibility index (Phi) is 4.63. The molecule has 0 aliphatic heterocycles. The third kappa shape index (κ3) is 3.74. The van der Waals surface area contributed by atoms with Crippen molar-refractivity contribution in [2.24, 2.45) is 5.41 Å². The topological polar surface area (TPSA) is 88.8 Å². The maximum Gasteiger partial charge on any atom is 0.371 e. The molecular formula is C19H21NO5. The van der Waals surface area contributed by atoms with E-state index in [1.165, 1.54) is 12.1 Å². The summed E-state index contributed by atoms with van der Waals surface area (Å²) in [5.74, 6) is -1.89. The number of carboxylic acids is 1. The molecule has 2 aromatic rings. The van der Waals surface area contributed by atoms with Gasteiger partial charge in [-0.1, -0.05) is 44.2 Å². The zero-order valence-electron chi connectivity index (χ0n) is 14.2. The van der Waals surface area contributed by atoms with Crippen molar-refractivity contribution < 1.29 is 23.8 Å². The average molecular weight is 343 g/mol. The number of carboxylic acid groups (broad SMARTS) is 1. The molecule has 1 amide bonds. The quantitative estimate of drug-likeness (QED) is 0.841. The van der Waals surface area contributed by atoms with Crippen molar-refractivity contribution in [2.45, 2.75) is 39.0 Å². The van der Waals surface area contributed by atoms with Gasteiger partial charge in [-0.15, -0.1) is 0 Å². The molecule has 25 heavy (non-hydrogen) atoms. The molecule has 6 nitrogen and oxygen atoms in total. The van der Waals surface area contributed by atoms with Gasteiger partial charge in [-0.25, -0.2) is 4.79 Å². The molecule has 0 unspecified atom stereocenters.